The summed E-state index contributed by atoms with van der Waals surface area (Å²) < 4.78 is 32.5. The molecule has 1 saturated heterocycles. The summed E-state index contributed by atoms with van der Waals surface area (Å²) in [6.07, 6.45) is 0.304. The van der Waals surface area contributed by atoms with E-state index >= 15 is 0 Å². The number of ether oxygens (including phenoxy) is 1. The molecule has 0 saturated carbocycles. The second-order valence-electron chi connectivity index (χ2n) is 6.05. The number of carbonyl (C=O) groups is 1. The lowest BCUT2D eigenvalue weighted by Gasteiger charge is -2.22. The summed E-state index contributed by atoms with van der Waals surface area (Å²) in [6.45, 7) is 6.34. The highest BCUT2D eigenvalue weighted by Gasteiger charge is 2.27. The summed E-state index contributed by atoms with van der Waals surface area (Å²) in [5.74, 6) is 0. The topological polar surface area (TPSA) is 82.2 Å². The number of hydrogen-bond donors (Lipinski definition) is 1. The van der Waals surface area contributed by atoms with Crippen molar-refractivity contribution in [3.8, 4) is 0 Å². The van der Waals surface area contributed by atoms with Crippen LogP contribution in [-0.2, 0) is 14.9 Å². The first kappa shape index (κ1) is 19.1. The highest BCUT2D eigenvalue weighted by molar-refractivity contribution is 7.87. The van der Waals surface area contributed by atoms with Crippen LogP contribution < -0.4 is 4.72 Å². The highest BCUT2D eigenvalue weighted by Crippen LogP contribution is 2.10. The van der Waals surface area contributed by atoms with E-state index in [1.54, 1.807) is 7.05 Å². The van der Waals surface area contributed by atoms with Crippen molar-refractivity contribution in [3.05, 3.63) is 0 Å². The third kappa shape index (κ3) is 6.07. The minimum Gasteiger partial charge on any atom is -0.447 e. The minimum atomic E-state index is -3.39. The van der Waals surface area contributed by atoms with Crippen LogP contribution in [0.5, 0.6) is 0 Å². The molecule has 8 nitrogen and oxygen atoms in total. The molecule has 1 rings (SSSR count). The number of nitrogens with one attached hydrogen (secondary N) is 1. The van der Waals surface area contributed by atoms with Crippen molar-refractivity contribution in [2.24, 2.45) is 0 Å². The number of likely N-dealkylation sites (N-methyl/N-ethyl adjacent to an activating group) is 1. The average Bonchev–Trinajstić information content (AvgIpc) is 2.81. The third-order valence-electron chi connectivity index (χ3n) is 3.47. The molecule has 0 radical (unpaired) electrons. The number of amides is 1. The van der Waals surface area contributed by atoms with Crippen molar-refractivity contribution < 1.29 is 17.9 Å². The molecule has 0 bridgehead atoms. The standard InChI is InChI=1S/C13H28N4O4S/c1-11(2)21-13(18)16(5)8-9-17-7-6-12(10-17)14-22(19,20)15(3)4/h11-12,14H,6-10H2,1-5H3/t12-/m1/s1. The fourth-order valence-electron chi connectivity index (χ4n) is 2.12. The fraction of sp³-hybridized carbons (Fsp3) is 0.923. The molecule has 9 heteroatoms. The van der Waals surface area contributed by atoms with Crippen molar-refractivity contribution in [3.63, 3.8) is 0 Å². The predicted octanol–water partition coefficient (Wildman–Crippen LogP) is -0.0665. The summed E-state index contributed by atoms with van der Waals surface area (Å²) in [5.41, 5.74) is 0. The lowest BCUT2D eigenvalue weighted by Crippen LogP contribution is -2.44. The number of carbonyl (C=O) groups excluding carboxylic acids is 1. The summed E-state index contributed by atoms with van der Waals surface area (Å²) in [5, 5.41) is 0. The molecule has 1 N–H and O–H groups in total. The maximum absolute atomic E-state index is 11.8. The van der Waals surface area contributed by atoms with E-state index in [4.69, 9.17) is 4.74 Å². The van der Waals surface area contributed by atoms with Crippen molar-refractivity contribution in [1.29, 1.82) is 0 Å². The van der Waals surface area contributed by atoms with E-state index in [1.807, 2.05) is 13.8 Å². The Labute approximate surface area is 133 Å². The van der Waals surface area contributed by atoms with Crippen molar-refractivity contribution in [2.75, 3.05) is 47.3 Å². The van der Waals surface area contributed by atoms with Crippen LogP contribution in [0, 0.1) is 0 Å². The van der Waals surface area contributed by atoms with E-state index < -0.39 is 10.2 Å². The van der Waals surface area contributed by atoms with Gasteiger partial charge in [-0.1, -0.05) is 0 Å². The zero-order chi connectivity index (χ0) is 16.9. The smallest absolute Gasteiger partial charge is 0.409 e. The molecule has 0 aromatic rings. The van der Waals surface area contributed by atoms with E-state index in [2.05, 4.69) is 9.62 Å². The van der Waals surface area contributed by atoms with Crippen molar-refractivity contribution in [1.82, 2.24) is 18.8 Å². The zero-order valence-electron chi connectivity index (χ0n) is 14.1. The first-order valence-corrected chi connectivity index (χ1v) is 8.89. The monoisotopic (exact) mass is 336 g/mol. The Hall–Kier alpha value is -0.900. The molecular weight excluding hydrogens is 308 g/mol. The van der Waals surface area contributed by atoms with Gasteiger partial charge in [-0.3, -0.25) is 4.90 Å². The largest absolute Gasteiger partial charge is 0.447 e. The van der Waals surface area contributed by atoms with Gasteiger partial charge >= 0.3 is 6.09 Å². The summed E-state index contributed by atoms with van der Waals surface area (Å²) in [6, 6.07) is -0.0830. The second-order valence-corrected chi connectivity index (χ2v) is 7.96. The Balaban J connectivity index is 2.34. The van der Waals surface area contributed by atoms with Crippen LogP contribution in [0.2, 0.25) is 0 Å². The van der Waals surface area contributed by atoms with Crippen LogP contribution in [0.15, 0.2) is 0 Å². The van der Waals surface area contributed by atoms with E-state index in [9.17, 15) is 13.2 Å². The van der Waals surface area contributed by atoms with Crippen LogP contribution in [0.1, 0.15) is 20.3 Å². The SMILES string of the molecule is CC(C)OC(=O)N(C)CCN1CC[C@@H](NS(=O)(=O)N(C)C)C1. The third-order valence-corrected chi connectivity index (χ3v) is 5.06. The lowest BCUT2D eigenvalue weighted by atomic mass is 10.3. The molecule has 1 heterocycles. The number of rotatable bonds is 7. The van der Waals surface area contributed by atoms with Gasteiger partial charge in [-0.15, -0.1) is 0 Å². The average molecular weight is 336 g/mol. The first-order chi connectivity index (χ1) is 10.1. The Kier molecular flexibility index (Phi) is 7.04. The van der Waals surface area contributed by atoms with Gasteiger partial charge in [0.2, 0.25) is 0 Å². The van der Waals surface area contributed by atoms with Crippen LogP contribution in [-0.4, -0.2) is 88.1 Å². The quantitative estimate of drug-likeness (QED) is 0.704. The predicted molar refractivity (Wildman–Crippen MR) is 84.8 cm³/mol. The van der Waals surface area contributed by atoms with Gasteiger partial charge in [-0.25, -0.2) is 4.79 Å². The molecule has 1 fully saturated rings. The number of hydrogen-bond acceptors (Lipinski definition) is 5. The molecule has 0 spiro atoms. The first-order valence-electron chi connectivity index (χ1n) is 7.45. The van der Waals surface area contributed by atoms with E-state index in [0.717, 1.165) is 13.0 Å². The minimum absolute atomic E-state index is 0.0830. The fourth-order valence-corrected chi connectivity index (χ4v) is 2.95. The Morgan fingerprint density at radius 3 is 2.55 bits per heavy atom. The van der Waals surface area contributed by atoms with Gasteiger partial charge in [-0.05, 0) is 26.8 Å². The molecule has 0 aliphatic carbocycles. The molecule has 1 atom stereocenters. The van der Waals surface area contributed by atoms with Crippen LogP contribution in [0.25, 0.3) is 0 Å². The van der Waals surface area contributed by atoms with Gasteiger partial charge in [0.1, 0.15) is 0 Å². The maximum atomic E-state index is 11.8. The normalized spacial score (nSPS) is 19.9. The van der Waals surface area contributed by atoms with Gasteiger partial charge in [-0.2, -0.15) is 17.4 Å². The van der Waals surface area contributed by atoms with Crippen molar-refractivity contribution in [2.45, 2.75) is 32.4 Å². The van der Waals surface area contributed by atoms with E-state index in [1.165, 1.54) is 23.3 Å². The van der Waals surface area contributed by atoms with E-state index in [-0.39, 0.29) is 18.2 Å². The number of nitrogens with zero attached hydrogens (tertiary/aromatic N) is 3. The number of likely N-dealkylation sites (tertiary alicyclic amines) is 1. The summed E-state index contributed by atoms with van der Waals surface area (Å²) in [4.78, 5) is 15.4. The van der Waals surface area contributed by atoms with Gasteiger partial charge in [0.15, 0.2) is 0 Å². The van der Waals surface area contributed by atoms with Crippen LogP contribution in [0.4, 0.5) is 4.79 Å². The Morgan fingerprint density at radius 1 is 1.36 bits per heavy atom. The second kappa shape index (κ2) is 8.09. The Bertz CT molecular complexity index is 467. The molecule has 1 aliphatic rings. The molecule has 130 valence electrons. The highest BCUT2D eigenvalue weighted by atomic mass is 32.2. The van der Waals surface area contributed by atoms with Crippen LogP contribution >= 0.6 is 0 Å². The van der Waals surface area contributed by atoms with Gasteiger partial charge in [0.25, 0.3) is 10.2 Å². The lowest BCUT2D eigenvalue weighted by molar-refractivity contribution is 0.0816. The molecule has 1 aliphatic heterocycles. The molecule has 0 unspecified atom stereocenters. The summed E-state index contributed by atoms with van der Waals surface area (Å²) >= 11 is 0. The molecule has 0 aromatic carbocycles. The molecule has 22 heavy (non-hydrogen) atoms. The van der Waals surface area contributed by atoms with Crippen molar-refractivity contribution >= 4 is 16.3 Å². The Morgan fingerprint density at radius 2 is 2.00 bits per heavy atom. The summed E-state index contributed by atoms with van der Waals surface area (Å²) in [7, 11) is 1.32. The maximum Gasteiger partial charge on any atom is 0.409 e. The van der Waals surface area contributed by atoms with Gasteiger partial charge in [0.05, 0.1) is 6.10 Å². The van der Waals surface area contributed by atoms with Gasteiger partial charge in [0, 0.05) is 46.8 Å². The van der Waals surface area contributed by atoms with E-state index in [0.29, 0.717) is 19.6 Å². The molecule has 1 amide bonds. The van der Waals surface area contributed by atoms with Crippen LogP contribution in [0.3, 0.4) is 0 Å². The molecule has 0 aromatic heterocycles. The molecular formula is C13H28N4O4S. The zero-order valence-corrected chi connectivity index (χ0v) is 14.9. The van der Waals surface area contributed by atoms with Gasteiger partial charge < -0.3 is 9.64 Å².